The van der Waals surface area contributed by atoms with Gasteiger partial charge >= 0.3 is 0 Å². The molecule has 0 aliphatic carbocycles. The molecule has 1 aromatic heterocycles. The van der Waals surface area contributed by atoms with Crippen LogP contribution in [-0.4, -0.2) is 42.0 Å². The fourth-order valence-electron chi connectivity index (χ4n) is 2.36. The molecule has 0 amide bonds. The van der Waals surface area contributed by atoms with Crippen molar-refractivity contribution in [2.24, 2.45) is 0 Å². The molecule has 0 unspecified atom stereocenters. The van der Waals surface area contributed by atoms with E-state index in [9.17, 15) is 4.79 Å². The Balaban J connectivity index is 2.04. The summed E-state index contributed by atoms with van der Waals surface area (Å²) >= 11 is 0. The summed E-state index contributed by atoms with van der Waals surface area (Å²) in [7, 11) is 0. The predicted molar refractivity (Wildman–Crippen MR) is 77.0 cm³/mol. The number of anilines is 1. The Morgan fingerprint density at radius 2 is 1.90 bits per heavy atom. The Morgan fingerprint density at radius 3 is 2.55 bits per heavy atom. The van der Waals surface area contributed by atoms with E-state index in [0.717, 1.165) is 30.0 Å². The van der Waals surface area contributed by atoms with Gasteiger partial charge in [-0.15, -0.1) is 0 Å². The second kappa shape index (κ2) is 5.46. The molecule has 104 valence electrons. The number of benzene rings is 1. The van der Waals surface area contributed by atoms with Crippen molar-refractivity contribution in [3.05, 3.63) is 36.5 Å². The van der Waals surface area contributed by atoms with Gasteiger partial charge < -0.3 is 9.64 Å². The van der Waals surface area contributed by atoms with E-state index in [-0.39, 0.29) is 5.91 Å². The summed E-state index contributed by atoms with van der Waals surface area (Å²) in [5.74, 6) is -0.0818. The highest BCUT2D eigenvalue weighted by molar-refractivity contribution is 5.81. The van der Waals surface area contributed by atoms with Crippen molar-refractivity contribution in [1.82, 2.24) is 9.78 Å². The lowest BCUT2D eigenvalue weighted by Crippen LogP contribution is -2.36. The molecule has 5 heteroatoms. The lowest BCUT2D eigenvalue weighted by atomic mass is 10.1. The van der Waals surface area contributed by atoms with Gasteiger partial charge in [-0.2, -0.15) is 5.10 Å². The summed E-state index contributed by atoms with van der Waals surface area (Å²) in [6, 6.07) is 9.95. The maximum Gasteiger partial charge on any atom is 0.243 e. The van der Waals surface area contributed by atoms with Gasteiger partial charge in [0.2, 0.25) is 5.91 Å². The molecule has 3 rings (SSSR count). The fourth-order valence-corrected chi connectivity index (χ4v) is 2.36. The molecule has 1 aliphatic rings. The van der Waals surface area contributed by atoms with Gasteiger partial charge in [-0.25, -0.2) is 4.68 Å². The molecule has 1 aliphatic heterocycles. The number of rotatable bonds is 2. The number of morpholine rings is 1. The highest BCUT2D eigenvalue weighted by atomic mass is 16.5. The summed E-state index contributed by atoms with van der Waals surface area (Å²) in [5.41, 5.74) is 2.87. The SMILES string of the molecule is CC(=O)n1cc(N2CCOCC2)c(-c2ccccc2)n1. The van der Waals surface area contributed by atoms with E-state index in [1.165, 1.54) is 11.6 Å². The lowest BCUT2D eigenvalue weighted by Gasteiger charge is -2.28. The molecule has 0 bridgehead atoms. The molecule has 0 atom stereocenters. The van der Waals surface area contributed by atoms with Crippen LogP contribution in [0.1, 0.15) is 11.7 Å². The largest absolute Gasteiger partial charge is 0.378 e. The third kappa shape index (κ3) is 2.44. The molecule has 20 heavy (non-hydrogen) atoms. The van der Waals surface area contributed by atoms with Crippen molar-refractivity contribution in [1.29, 1.82) is 0 Å². The first kappa shape index (κ1) is 12.9. The third-order valence-electron chi connectivity index (χ3n) is 3.42. The summed E-state index contributed by atoms with van der Waals surface area (Å²) in [5, 5.41) is 4.44. The van der Waals surface area contributed by atoms with Crippen molar-refractivity contribution in [2.45, 2.75) is 6.92 Å². The van der Waals surface area contributed by atoms with Gasteiger partial charge in [-0.3, -0.25) is 4.79 Å². The van der Waals surface area contributed by atoms with E-state index >= 15 is 0 Å². The highest BCUT2D eigenvalue weighted by Gasteiger charge is 2.20. The quantitative estimate of drug-likeness (QED) is 0.838. The molecule has 2 aromatic rings. The zero-order valence-electron chi connectivity index (χ0n) is 11.5. The average molecular weight is 271 g/mol. The second-order valence-corrected chi connectivity index (χ2v) is 4.79. The minimum atomic E-state index is -0.0818. The Kier molecular flexibility index (Phi) is 3.52. The van der Waals surface area contributed by atoms with Crippen molar-refractivity contribution in [2.75, 3.05) is 31.2 Å². The molecular weight excluding hydrogens is 254 g/mol. The van der Waals surface area contributed by atoms with E-state index in [4.69, 9.17) is 4.74 Å². The first-order valence-corrected chi connectivity index (χ1v) is 6.74. The van der Waals surface area contributed by atoms with Crippen molar-refractivity contribution in [3.63, 3.8) is 0 Å². The standard InChI is InChI=1S/C15H17N3O2/c1-12(19)18-11-14(17-7-9-20-10-8-17)15(16-18)13-5-3-2-4-6-13/h2-6,11H,7-10H2,1H3. The van der Waals surface area contributed by atoms with Gasteiger partial charge in [-0.1, -0.05) is 30.3 Å². The van der Waals surface area contributed by atoms with Crippen LogP contribution in [0.5, 0.6) is 0 Å². The van der Waals surface area contributed by atoms with Crippen LogP contribution >= 0.6 is 0 Å². The van der Waals surface area contributed by atoms with Crippen molar-refractivity contribution in [3.8, 4) is 11.3 Å². The van der Waals surface area contributed by atoms with Gasteiger partial charge in [0, 0.05) is 25.6 Å². The number of carbonyl (C=O) groups is 1. The zero-order chi connectivity index (χ0) is 13.9. The maximum absolute atomic E-state index is 11.6. The molecule has 2 heterocycles. The van der Waals surface area contributed by atoms with E-state index in [2.05, 4.69) is 10.00 Å². The van der Waals surface area contributed by atoms with Crippen LogP contribution in [0.4, 0.5) is 5.69 Å². The number of hydrogen-bond donors (Lipinski definition) is 0. The first-order valence-electron chi connectivity index (χ1n) is 6.74. The van der Waals surface area contributed by atoms with E-state index in [1.54, 1.807) is 0 Å². The Bertz CT molecular complexity index is 601. The molecule has 0 saturated carbocycles. The molecule has 0 spiro atoms. The number of hydrogen-bond acceptors (Lipinski definition) is 4. The molecule has 1 fully saturated rings. The van der Waals surface area contributed by atoms with Crippen LogP contribution in [0.25, 0.3) is 11.3 Å². The van der Waals surface area contributed by atoms with Crippen LogP contribution in [0.2, 0.25) is 0 Å². The molecular formula is C15H17N3O2. The van der Waals surface area contributed by atoms with Crippen molar-refractivity contribution < 1.29 is 9.53 Å². The minimum Gasteiger partial charge on any atom is -0.378 e. The number of nitrogens with zero attached hydrogens (tertiary/aromatic N) is 3. The van der Waals surface area contributed by atoms with Gasteiger partial charge in [0.25, 0.3) is 0 Å². The Labute approximate surface area is 117 Å². The van der Waals surface area contributed by atoms with Crippen molar-refractivity contribution >= 4 is 11.6 Å². The van der Waals surface area contributed by atoms with Crippen LogP contribution in [0, 0.1) is 0 Å². The number of aromatic nitrogens is 2. The molecule has 5 nitrogen and oxygen atoms in total. The summed E-state index contributed by atoms with van der Waals surface area (Å²) in [6.07, 6.45) is 1.82. The molecule has 1 saturated heterocycles. The van der Waals surface area contributed by atoms with Crippen LogP contribution < -0.4 is 4.90 Å². The highest BCUT2D eigenvalue weighted by Crippen LogP contribution is 2.30. The Hall–Kier alpha value is -2.14. The maximum atomic E-state index is 11.6. The zero-order valence-corrected chi connectivity index (χ0v) is 11.5. The topological polar surface area (TPSA) is 47.4 Å². The van der Waals surface area contributed by atoms with E-state index in [1.807, 2.05) is 36.5 Å². The Morgan fingerprint density at radius 1 is 1.20 bits per heavy atom. The number of ether oxygens (including phenoxy) is 1. The monoisotopic (exact) mass is 271 g/mol. The lowest BCUT2D eigenvalue weighted by molar-refractivity contribution is 0.0921. The average Bonchev–Trinajstić information content (AvgIpc) is 2.94. The smallest absolute Gasteiger partial charge is 0.243 e. The predicted octanol–water partition coefficient (Wildman–Crippen LogP) is 2.05. The molecule has 1 aromatic carbocycles. The first-order chi connectivity index (χ1) is 9.75. The van der Waals surface area contributed by atoms with Gasteiger partial charge in [0.1, 0.15) is 5.69 Å². The number of carbonyl (C=O) groups excluding carboxylic acids is 1. The van der Waals surface area contributed by atoms with Crippen LogP contribution in [0.15, 0.2) is 36.5 Å². The third-order valence-corrected chi connectivity index (χ3v) is 3.42. The summed E-state index contributed by atoms with van der Waals surface area (Å²) in [4.78, 5) is 13.8. The van der Waals surface area contributed by atoms with Gasteiger partial charge in [0.15, 0.2) is 0 Å². The second-order valence-electron chi connectivity index (χ2n) is 4.79. The van der Waals surface area contributed by atoms with Crippen LogP contribution in [-0.2, 0) is 4.74 Å². The van der Waals surface area contributed by atoms with E-state index in [0.29, 0.717) is 13.2 Å². The minimum absolute atomic E-state index is 0.0818. The molecule has 0 N–H and O–H groups in total. The fraction of sp³-hybridized carbons (Fsp3) is 0.333. The normalized spacial score (nSPS) is 15.3. The molecule has 0 radical (unpaired) electrons. The summed E-state index contributed by atoms with van der Waals surface area (Å²) < 4.78 is 6.80. The van der Waals surface area contributed by atoms with Gasteiger partial charge in [0.05, 0.1) is 25.1 Å². The van der Waals surface area contributed by atoms with E-state index < -0.39 is 0 Å². The summed E-state index contributed by atoms with van der Waals surface area (Å²) in [6.45, 7) is 4.58. The van der Waals surface area contributed by atoms with Gasteiger partial charge in [-0.05, 0) is 0 Å². The van der Waals surface area contributed by atoms with Crippen LogP contribution in [0.3, 0.4) is 0 Å².